The monoisotopic (exact) mass is 648 g/mol. The fourth-order valence-electron chi connectivity index (χ4n) is 4.78. The van der Waals surface area contributed by atoms with Crippen molar-refractivity contribution in [2.24, 2.45) is 0 Å². The first-order valence-corrected chi connectivity index (χ1v) is 14.0. The smallest absolute Gasteiger partial charge is 0.330 e. The van der Waals surface area contributed by atoms with E-state index >= 15 is 0 Å². The number of carbonyl (C=O) groups is 2. The van der Waals surface area contributed by atoms with Crippen LogP contribution in [-0.2, 0) is 28.5 Å². The van der Waals surface area contributed by atoms with Gasteiger partial charge in [-0.25, -0.2) is 9.59 Å². The lowest BCUT2D eigenvalue weighted by atomic mass is 9.99. The molecule has 0 spiro atoms. The fraction of sp³-hybridized carbons (Fsp3) is 0.400. The molecule has 2 fully saturated rings. The number of hydrogen-bond donors (Lipinski definition) is 8. The second-order valence-electron chi connectivity index (χ2n) is 10.6. The third-order valence-electron chi connectivity index (χ3n) is 7.39. The van der Waals surface area contributed by atoms with Gasteiger partial charge in [-0.15, -0.1) is 0 Å². The molecule has 6 aliphatic heterocycles. The Labute approximate surface area is 260 Å². The lowest BCUT2D eigenvalue weighted by Gasteiger charge is -2.39. The maximum absolute atomic E-state index is 12.4. The lowest BCUT2D eigenvalue weighted by molar-refractivity contribution is -0.278. The van der Waals surface area contributed by atoms with Crippen LogP contribution in [0, 0.1) is 0 Å². The second kappa shape index (κ2) is 14.0. The van der Waals surface area contributed by atoms with Crippen molar-refractivity contribution in [2.45, 2.75) is 61.4 Å². The van der Waals surface area contributed by atoms with Crippen LogP contribution in [0.5, 0.6) is 23.0 Å². The van der Waals surface area contributed by atoms with Gasteiger partial charge >= 0.3 is 11.9 Å². The predicted molar refractivity (Wildman–Crippen MR) is 151 cm³/mol. The van der Waals surface area contributed by atoms with Gasteiger partial charge in [-0.2, -0.15) is 0 Å². The summed E-state index contributed by atoms with van der Waals surface area (Å²) >= 11 is 0. The normalized spacial score (nSPS) is 35.3. The number of rotatable bonds is 0. The number of phenols is 2. The van der Waals surface area contributed by atoms with E-state index in [0.717, 1.165) is 12.2 Å². The van der Waals surface area contributed by atoms with E-state index in [-0.39, 0.29) is 11.5 Å². The Bertz CT molecular complexity index is 1370. The van der Waals surface area contributed by atoms with Crippen LogP contribution in [-0.4, -0.2) is 127 Å². The quantitative estimate of drug-likeness (QED) is 0.148. The Morgan fingerprint density at radius 1 is 0.522 bits per heavy atom. The van der Waals surface area contributed by atoms with Gasteiger partial charge in [-0.1, -0.05) is 12.1 Å². The maximum atomic E-state index is 12.4. The minimum absolute atomic E-state index is 0.192. The molecule has 10 atom stereocenters. The van der Waals surface area contributed by atoms with Gasteiger partial charge in [0.05, 0.1) is 0 Å². The lowest BCUT2D eigenvalue weighted by Crippen LogP contribution is -2.60. The molecule has 2 saturated heterocycles. The standard InChI is InChI=1S/C30H32O16/c31-15-9-13-1-5-17(15)43-29-27(39)25(37)23(35)19(45-29)12-42-22(34)8-4-14-2-6-18(16(32)10-14)44-30-28(40)26(38)24(36)20(46-30)11-41-21(33)7-3-13/h1-10,19-20,23-32,35-40H,11-12H2/b7-3-,8-4-/t19-,20-,23-,24-,25+,26+,27-,28-,29-,30-/m1/s1. The molecule has 8 N–H and O–H groups in total. The van der Waals surface area contributed by atoms with Gasteiger partial charge in [0.2, 0.25) is 12.6 Å². The number of carbonyl (C=O) groups excluding carboxylic acids is 2. The number of aromatic hydroxyl groups is 2. The Morgan fingerprint density at radius 2 is 0.913 bits per heavy atom. The van der Waals surface area contributed by atoms with Gasteiger partial charge in [-0.3, -0.25) is 0 Å². The summed E-state index contributed by atoms with van der Waals surface area (Å²) in [5.74, 6) is -3.07. The van der Waals surface area contributed by atoms with Crippen LogP contribution < -0.4 is 9.47 Å². The third-order valence-corrected chi connectivity index (χ3v) is 7.39. The van der Waals surface area contributed by atoms with Crippen LogP contribution in [0.3, 0.4) is 0 Å². The van der Waals surface area contributed by atoms with Crippen molar-refractivity contribution < 1.29 is 78.9 Å². The van der Waals surface area contributed by atoms with E-state index in [0.29, 0.717) is 11.1 Å². The number of hydrogen-bond acceptors (Lipinski definition) is 16. The second-order valence-corrected chi connectivity index (χ2v) is 10.6. The molecule has 0 amide bonds. The van der Waals surface area contributed by atoms with E-state index in [1.807, 2.05) is 0 Å². The third kappa shape index (κ3) is 7.41. The molecular formula is C30H32O16. The molecule has 6 heterocycles. The summed E-state index contributed by atoms with van der Waals surface area (Å²) in [6, 6.07) is 7.80. The summed E-state index contributed by atoms with van der Waals surface area (Å²) in [5, 5.41) is 83.1. The van der Waals surface area contributed by atoms with E-state index in [1.54, 1.807) is 0 Å². The average molecular weight is 649 g/mol. The molecule has 248 valence electrons. The van der Waals surface area contributed by atoms with Crippen LogP contribution >= 0.6 is 0 Å². The van der Waals surface area contributed by atoms with Crippen LogP contribution in [0.2, 0.25) is 0 Å². The van der Waals surface area contributed by atoms with Gasteiger partial charge < -0.3 is 69.3 Å². The van der Waals surface area contributed by atoms with E-state index in [2.05, 4.69) is 0 Å². The molecule has 8 bridgehead atoms. The Morgan fingerprint density at radius 3 is 1.28 bits per heavy atom. The number of benzene rings is 2. The van der Waals surface area contributed by atoms with Crippen molar-refractivity contribution in [3.05, 3.63) is 59.7 Å². The van der Waals surface area contributed by atoms with E-state index in [1.165, 1.54) is 48.6 Å². The topological polar surface area (TPSA) is 251 Å². The summed E-state index contributed by atoms with van der Waals surface area (Å²) in [4.78, 5) is 24.7. The molecule has 2 aromatic rings. The van der Waals surface area contributed by atoms with Crippen molar-refractivity contribution in [2.75, 3.05) is 13.2 Å². The van der Waals surface area contributed by atoms with Crippen molar-refractivity contribution in [3.63, 3.8) is 0 Å². The minimum atomic E-state index is -1.76. The Kier molecular flexibility index (Phi) is 10.1. The number of ether oxygens (including phenoxy) is 6. The van der Waals surface area contributed by atoms with Gasteiger partial charge in [0.15, 0.2) is 23.0 Å². The minimum Gasteiger partial charge on any atom is -0.504 e. The van der Waals surface area contributed by atoms with Gasteiger partial charge in [-0.05, 0) is 47.5 Å². The first-order valence-electron chi connectivity index (χ1n) is 14.0. The van der Waals surface area contributed by atoms with Crippen molar-refractivity contribution >= 4 is 24.1 Å². The summed E-state index contributed by atoms with van der Waals surface area (Å²) in [6.45, 7) is -1.13. The van der Waals surface area contributed by atoms with Gasteiger partial charge in [0.1, 0.15) is 62.0 Å². The number of phenolic OH excluding ortho intramolecular Hbond substituents is 2. The fourth-order valence-corrected chi connectivity index (χ4v) is 4.78. The Balaban J connectivity index is 1.40. The molecular weight excluding hydrogens is 616 g/mol. The molecule has 0 aliphatic carbocycles. The van der Waals surface area contributed by atoms with Crippen LogP contribution in [0.25, 0.3) is 12.2 Å². The highest BCUT2D eigenvalue weighted by Crippen LogP contribution is 2.33. The van der Waals surface area contributed by atoms with Crippen LogP contribution in [0.1, 0.15) is 11.1 Å². The molecule has 16 nitrogen and oxygen atoms in total. The van der Waals surface area contributed by atoms with Crippen molar-refractivity contribution in [1.82, 2.24) is 0 Å². The highest BCUT2D eigenvalue weighted by Gasteiger charge is 2.47. The molecule has 0 aromatic heterocycles. The van der Waals surface area contributed by atoms with E-state index in [4.69, 9.17) is 28.4 Å². The summed E-state index contributed by atoms with van der Waals surface area (Å²) in [7, 11) is 0. The molecule has 0 radical (unpaired) electrons. The summed E-state index contributed by atoms with van der Waals surface area (Å²) < 4.78 is 32.3. The first-order chi connectivity index (χ1) is 21.9. The van der Waals surface area contributed by atoms with Crippen LogP contribution in [0.15, 0.2) is 48.6 Å². The van der Waals surface area contributed by atoms with Crippen LogP contribution in [0.4, 0.5) is 0 Å². The summed E-state index contributed by atoms with van der Waals surface area (Å²) in [5.41, 5.74) is 0.599. The molecule has 2 aromatic carbocycles. The van der Waals surface area contributed by atoms with Gasteiger partial charge in [0.25, 0.3) is 0 Å². The molecule has 0 saturated carbocycles. The van der Waals surface area contributed by atoms with Crippen molar-refractivity contribution in [1.29, 1.82) is 0 Å². The largest absolute Gasteiger partial charge is 0.504 e. The number of aliphatic hydroxyl groups excluding tert-OH is 6. The van der Waals surface area contributed by atoms with E-state index < -0.39 is 98.1 Å². The Hall–Kier alpha value is -4.26. The molecule has 16 heteroatoms. The zero-order chi connectivity index (χ0) is 33.1. The highest BCUT2D eigenvalue weighted by molar-refractivity contribution is 5.87. The van der Waals surface area contributed by atoms with Crippen molar-refractivity contribution in [3.8, 4) is 23.0 Å². The molecule has 0 unspecified atom stereocenters. The average Bonchev–Trinajstić information content (AvgIpc) is 3.03. The zero-order valence-corrected chi connectivity index (χ0v) is 23.8. The van der Waals surface area contributed by atoms with Gasteiger partial charge in [0, 0.05) is 12.2 Å². The predicted octanol–water partition coefficient (Wildman–Crippen LogP) is -1.70. The molecule has 46 heavy (non-hydrogen) atoms. The summed E-state index contributed by atoms with van der Waals surface area (Å²) in [6.07, 6.45) is -11.7. The zero-order valence-electron chi connectivity index (χ0n) is 23.8. The van der Waals surface area contributed by atoms with E-state index in [9.17, 15) is 50.4 Å². The highest BCUT2D eigenvalue weighted by atomic mass is 16.7. The first kappa shape index (κ1) is 33.1. The number of esters is 2. The SMILES string of the molecule is O=C1/C=C\c2ccc(c(O)c2)O[C@@H]2O[C@H](COC(=O)/C=C\c3ccc(c(O)c3)O[C@@H]3O[C@H](CO1)[C@@H](O)[C@H](O)[C@H]3O)[C@@H](O)[C@H](O)[C@H]2O. The maximum Gasteiger partial charge on any atom is 0.330 e. The number of aliphatic hydroxyl groups is 6. The molecule has 6 aliphatic rings. The molecule has 8 rings (SSSR count).